The molecule has 0 aromatic heterocycles. The van der Waals surface area contributed by atoms with Gasteiger partial charge in [-0.3, -0.25) is 0 Å². The molecule has 2 aromatic rings. The molecule has 0 bridgehead atoms. The van der Waals surface area contributed by atoms with Gasteiger partial charge in [-0.1, -0.05) is 66.7 Å². The highest BCUT2D eigenvalue weighted by atomic mass is 16.6. The topological polar surface area (TPSA) is 49.8 Å². The summed E-state index contributed by atoms with van der Waals surface area (Å²) in [5.41, 5.74) is 1.13. The van der Waals surface area contributed by atoms with Crippen LogP contribution < -0.4 is 0 Å². The first-order valence-corrected chi connectivity index (χ1v) is 8.97. The van der Waals surface area contributed by atoms with Crippen LogP contribution in [0.5, 0.6) is 0 Å². The van der Waals surface area contributed by atoms with E-state index >= 15 is 0 Å². The molecular formula is C22H25NO3. The van der Waals surface area contributed by atoms with Crippen LogP contribution in [-0.2, 0) is 11.3 Å². The molecule has 4 nitrogen and oxygen atoms in total. The molecule has 1 fully saturated rings. The van der Waals surface area contributed by atoms with Gasteiger partial charge in [-0.05, 0) is 24.0 Å². The van der Waals surface area contributed by atoms with E-state index in [2.05, 4.69) is 6.58 Å². The fourth-order valence-electron chi connectivity index (χ4n) is 3.50. The maximum absolute atomic E-state index is 12.7. The van der Waals surface area contributed by atoms with Crippen LogP contribution in [0.3, 0.4) is 0 Å². The number of carbonyl (C=O) groups excluding carboxylic acids is 1. The van der Waals surface area contributed by atoms with E-state index in [1.165, 1.54) is 0 Å². The minimum atomic E-state index is -0.835. The molecule has 2 atom stereocenters. The summed E-state index contributed by atoms with van der Waals surface area (Å²) in [5, 5.41) is 10.9. The number of likely N-dealkylation sites (tertiary alicyclic amines) is 1. The molecule has 2 aromatic carbocycles. The van der Waals surface area contributed by atoms with Crippen molar-refractivity contribution in [1.29, 1.82) is 0 Å². The lowest BCUT2D eigenvalue weighted by Crippen LogP contribution is -2.48. The maximum Gasteiger partial charge on any atom is 0.410 e. The number of hydrogen-bond acceptors (Lipinski definition) is 3. The van der Waals surface area contributed by atoms with Gasteiger partial charge in [-0.15, -0.1) is 6.58 Å². The summed E-state index contributed by atoms with van der Waals surface area (Å²) < 4.78 is 5.53. The Kier molecular flexibility index (Phi) is 5.74. The summed E-state index contributed by atoms with van der Waals surface area (Å²) in [6.45, 7) is 4.45. The van der Waals surface area contributed by atoms with Crippen LogP contribution in [0.2, 0.25) is 0 Å². The second-order valence-corrected chi connectivity index (χ2v) is 6.83. The van der Waals surface area contributed by atoms with Gasteiger partial charge in [0.1, 0.15) is 6.61 Å². The summed E-state index contributed by atoms with van der Waals surface area (Å²) in [5.74, 6) is 0. The molecule has 0 aliphatic carbocycles. The fourth-order valence-corrected chi connectivity index (χ4v) is 3.50. The van der Waals surface area contributed by atoms with E-state index in [4.69, 9.17) is 4.74 Å². The number of nitrogens with zero attached hydrogens (tertiary/aromatic N) is 1. The zero-order valence-corrected chi connectivity index (χ0v) is 14.9. The molecule has 0 saturated carbocycles. The van der Waals surface area contributed by atoms with E-state index in [0.29, 0.717) is 25.8 Å². The van der Waals surface area contributed by atoms with Gasteiger partial charge in [0.2, 0.25) is 0 Å². The van der Waals surface area contributed by atoms with Gasteiger partial charge in [0.25, 0.3) is 0 Å². The van der Waals surface area contributed by atoms with Crippen molar-refractivity contribution in [3.63, 3.8) is 0 Å². The Morgan fingerprint density at radius 1 is 1.19 bits per heavy atom. The van der Waals surface area contributed by atoms with Gasteiger partial charge in [-0.25, -0.2) is 4.79 Å². The van der Waals surface area contributed by atoms with Crippen LogP contribution in [0, 0.1) is 0 Å². The third kappa shape index (κ3) is 4.33. The standard InChI is InChI=1S/C22H25NO3/c1-2-13-22(25)14-15-23(20(16-22)19-11-7-4-8-12-19)21(24)26-17-18-9-5-3-6-10-18/h2-12,20,25H,1,13-17H2/t20-,22-/m0/s1. The fraction of sp³-hybridized carbons (Fsp3) is 0.318. The van der Waals surface area contributed by atoms with Crippen molar-refractivity contribution in [2.24, 2.45) is 0 Å². The molecule has 0 radical (unpaired) electrons. The predicted octanol–water partition coefficient (Wildman–Crippen LogP) is 4.47. The monoisotopic (exact) mass is 351 g/mol. The van der Waals surface area contributed by atoms with Crippen molar-refractivity contribution < 1.29 is 14.6 Å². The molecule has 0 spiro atoms. The Balaban J connectivity index is 1.75. The lowest BCUT2D eigenvalue weighted by Gasteiger charge is -2.43. The molecule has 1 saturated heterocycles. The van der Waals surface area contributed by atoms with Crippen LogP contribution in [0.4, 0.5) is 4.79 Å². The molecule has 1 heterocycles. The van der Waals surface area contributed by atoms with E-state index in [9.17, 15) is 9.90 Å². The van der Waals surface area contributed by atoms with E-state index in [1.807, 2.05) is 60.7 Å². The average molecular weight is 351 g/mol. The first-order chi connectivity index (χ1) is 12.6. The summed E-state index contributed by atoms with van der Waals surface area (Å²) in [6.07, 6.45) is 2.91. The minimum Gasteiger partial charge on any atom is -0.445 e. The van der Waals surface area contributed by atoms with E-state index in [0.717, 1.165) is 11.1 Å². The molecular weight excluding hydrogens is 326 g/mol. The first kappa shape index (κ1) is 18.2. The molecule has 136 valence electrons. The van der Waals surface area contributed by atoms with Crippen molar-refractivity contribution in [2.75, 3.05) is 6.54 Å². The first-order valence-electron chi connectivity index (χ1n) is 8.97. The molecule has 1 N–H and O–H groups in total. The Morgan fingerprint density at radius 2 is 1.85 bits per heavy atom. The molecule has 26 heavy (non-hydrogen) atoms. The summed E-state index contributed by atoms with van der Waals surface area (Å²) in [7, 11) is 0. The highest BCUT2D eigenvalue weighted by molar-refractivity contribution is 5.68. The number of carbonyl (C=O) groups is 1. The zero-order chi connectivity index (χ0) is 18.4. The smallest absolute Gasteiger partial charge is 0.410 e. The van der Waals surface area contributed by atoms with Crippen molar-refractivity contribution in [1.82, 2.24) is 4.90 Å². The Labute approximate surface area is 154 Å². The van der Waals surface area contributed by atoms with Gasteiger partial charge in [0.05, 0.1) is 11.6 Å². The van der Waals surface area contributed by atoms with E-state index < -0.39 is 5.60 Å². The van der Waals surface area contributed by atoms with E-state index in [-0.39, 0.29) is 18.7 Å². The number of hydrogen-bond donors (Lipinski definition) is 1. The molecule has 4 heteroatoms. The average Bonchev–Trinajstić information content (AvgIpc) is 2.67. The Hall–Kier alpha value is -2.59. The number of aliphatic hydroxyl groups is 1. The van der Waals surface area contributed by atoms with Gasteiger partial charge < -0.3 is 14.7 Å². The van der Waals surface area contributed by atoms with Crippen LogP contribution in [0.15, 0.2) is 73.3 Å². The second kappa shape index (κ2) is 8.19. The highest BCUT2D eigenvalue weighted by Crippen LogP contribution is 2.38. The van der Waals surface area contributed by atoms with E-state index in [1.54, 1.807) is 11.0 Å². The third-order valence-electron chi connectivity index (χ3n) is 4.92. The Morgan fingerprint density at radius 3 is 2.50 bits per heavy atom. The molecule has 1 aliphatic rings. The van der Waals surface area contributed by atoms with Crippen molar-refractivity contribution in [3.05, 3.63) is 84.4 Å². The third-order valence-corrected chi connectivity index (χ3v) is 4.92. The SMILES string of the molecule is C=CC[C@]1(O)CCN(C(=O)OCc2ccccc2)[C@H](c2ccccc2)C1. The van der Waals surface area contributed by atoms with Crippen molar-refractivity contribution in [3.8, 4) is 0 Å². The lowest BCUT2D eigenvalue weighted by atomic mass is 9.81. The summed E-state index contributed by atoms with van der Waals surface area (Å²) in [6, 6.07) is 19.2. The molecule has 0 unspecified atom stereocenters. The van der Waals surface area contributed by atoms with Crippen LogP contribution in [0.25, 0.3) is 0 Å². The number of benzene rings is 2. The highest BCUT2D eigenvalue weighted by Gasteiger charge is 2.40. The normalized spacial score (nSPS) is 22.7. The van der Waals surface area contributed by atoms with Crippen LogP contribution in [0.1, 0.15) is 36.4 Å². The number of amides is 1. The summed E-state index contributed by atoms with van der Waals surface area (Å²) >= 11 is 0. The second-order valence-electron chi connectivity index (χ2n) is 6.83. The minimum absolute atomic E-state index is 0.210. The van der Waals surface area contributed by atoms with Gasteiger partial charge in [-0.2, -0.15) is 0 Å². The Bertz CT molecular complexity index is 732. The van der Waals surface area contributed by atoms with Gasteiger partial charge in [0, 0.05) is 13.0 Å². The molecule has 1 amide bonds. The van der Waals surface area contributed by atoms with Crippen molar-refractivity contribution in [2.45, 2.75) is 37.5 Å². The van der Waals surface area contributed by atoms with Crippen LogP contribution in [-0.4, -0.2) is 28.2 Å². The van der Waals surface area contributed by atoms with Crippen LogP contribution >= 0.6 is 0 Å². The predicted molar refractivity (Wildman–Crippen MR) is 102 cm³/mol. The maximum atomic E-state index is 12.7. The lowest BCUT2D eigenvalue weighted by molar-refractivity contribution is -0.0435. The molecule has 1 aliphatic heterocycles. The molecule has 3 rings (SSSR count). The summed E-state index contributed by atoms with van der Waals surface area (Å²) in [4.78, 5) is 14.5. The quantitative estimate of drug-likeness (QED) is 0.809. The zero-order valence-electron chi connectivity index (χ0n) is 14.9. The number of ether oxygens (including phenoxy) is 1. The van der Waals surface area contributed by atoms with Crippen molar-refractivity contribution >= 4 is 6.09 Å². The largest absolute Gasteiger partial charge is 0.445 e. The number of rotatable bonds is 5. The van der Waals surface area contributed by atoms with Gasteiger partial charge in [0.15, 0.2) is 0 Å². The van der Waals surface area contributed by atoms with Gasteiger partial charge >= 0.3 is 6.09 Å². The number of piperidine rings is 1.